The molecule has 0 radical (unpaired) electrons. The molecule has 0 saturated heterocycles. The molecule has 1 atom stereocenters. The van der Waals surface area contributed by atoms with Crippen molar-refractivity contribution in [2.75, 3.05) is 7.05 Å². The van der Waals surface area contributed by atoms with Gasteiger partial charge in [-0.3, -0.25) is 4.79 Å². The summed E-state index contributed by atoms with van der Waals surface area (Å²) in [5.74, 6) is -0.287. The number of halogens is 1. The summed E-state index contributed by atoms with van der Waals surface area (Å²) in [5, 5.41) is 9.77. The minimum absolute atomic E-state index is 0.287. The zero-order valence-electron chi connectivity index (χ0n) is 8.77. The summed E-state index contributed by atoms with van der Waals surface area (Å²) in [4.78, 5) is 12.8. The summed E-state index contributed by atoms with van der Waals surface area (Å²) in [7, 11) is 1.66. The highest BCUT2D eigenvalue weighted by molar-refractivity contribution is 6.30. The quantitative estimate of drug-likeness (QED) is 0.854. The average Bonchev–Trinajstić information content (AvgIpc) is 2.20. The Hall–Kier alpha value is -1.06. The molecule has 0 aliphatic rings. The van der Waals surface area contributed by atoms with Crippen LogP contribution in [0.5, 0.6) is 0 Å². The van der Waals surface area contributed by atoms with E-state index in [1.54, 1.807) is 19.2 Å². The monoisotopic (exact) mass is 227 g/mol. The molecule has 1 rings (SSSR count). The van der Waals surface area contributed by atoms with Crippen molar-refractivity contribution >= 4 is 17.5 Å². The van der Waals surface area contributed by atoms with Crippen molar-refractivity contribution < 1.29 is 9.90 Å². The Morgan fingerprint density at radius 2 is 2.00 bits per heavy atom. The molecule has 1 aromatic rings. The minimum atomic E-state index is -0.956. The number of hydrogen-bond donors (Lipinski definition) is 1. The number of carbonyl (C=O) groups excluding carboxylic acids is 1. The number of aliphatic hydroxyl groups excluding tert-OH is 1. The lowest BCUT2D eigenvalue weighted by molar-refractivity contribution is -0.138. The van der Waals surface area contributed by atoms with Crippen LogP contribution in [-0.4, -0.2) is 29.1 Å². The first-order chi connectivity index (χ1) is 7.00. The number of likely N-dealkylation sites (N-methyl/N-ethyl adjacent to an activating group) is 1. The van der Waals surface area contributed by atoms with Gasteiger partial charge in [0.25, 0.3) is 5.91 Å². The fourth-order valence-corrected chi connectivity index (χ4v) is 1.39. The molecule has 0 saturated carbocycles. The van der Waals surface area contributed by atoms with Gasteiger partial charge in [-0.2, -0.15) is 0 Å². The van der Waals surface area contributed by atoms with Gasteiger partial charge in [-0.1, -0.05) is 23.7 Å². The number of carbonyl (C=O) groups is 1. The van der Waals surface area contributed by atoms with Crippen LogP contribution in [0.2, 0.25) is 5.02 Å². The van der Waals surface area contributed by atoms with Gasteiger partial charge in [0.05, 0.1) is 0 Å². The third-order valence-electron chi connectivity index (χ3n) is 2.07. The van der Waals surface area contributed by atoms with Gasteiger partial charge in [-0.25, -0.2) is 0 Å². The highest BCUT2D eigenvalue weighted by Gasteiger charge is 2.14. The van der Waals surface area contributed by atoms with E-state index in [4.69, 9.17) is 16.7 Å². The van der Waals surface area contributed by atoms with E-state index in [2.05, 4.69) is 0 Å². The Bertz CT molecular complexity index is 335. The Balaban J connectivity index is 2.62. The lowest BCUT2D eigenvalue weighted by Gasteiger charge is -2.18. The van der Waals surface area contributed by atoms with Crippen molar-refractivity contribution in [1.82, 2.24) is 4.90 Å². The molecule has 1 unspecified atom stereocenters. The predicted octanol–water partition coefficient (Wildman–Crippen LogP) is 1.68. The van der Waals surface area contributed by atoms with Gasteiger partial charge in [-0.05, 0) is 24.6 Å². The Kier molecular flexibility index (Phi) is 4.12. The molecule has 0 heterocycles. The fraction of sp³-hybridized carbons (Fsp3) is 0.364. The molecule has 3 nitrogen and oxygen atoms in total. The smallest absolute Gasteiger partial charge is 0.251 e. The van der Waals surface area contributed by atoms with E-state index in [0.29, 0.717) is 11.6 Å². The third-order valence-corrected chi connectivity index (χ3v) is 2.32. The molecule has 0 aliphatic carbocycles. The number of aliphatic hydroxyl groups is 1. The van der Waals surface area contributed by atoms with Gasteiger partial charge in [0.1, 0.15) is 6.10 Å². The standard InChI is InChI=1S/C11H14ClNO2/c1-8(14)11(15)13(2)7-9-3-5-10(12)6-4-9/h3-6,8,14H,7H2,1-2H3. The zero-order chi connectivity index (χ0) is 11.4. The van der Waals surface area contributed by atoms with E-state index in [1.807, 2.05) is 12.1 Å². The topological polar surface area (TPSA) is 40.5 Å². The van der Waals surface area contributed by atoms with Crippen molar-refractivity contribution in [2.45, 2.75) is 19.6 Å². The Morgan fingerprint density at radius 3 is 2.47 bits per heavy atom. The van der Waals surface area contributed by atoms with Crippen molar-refractivity contribution in [2.24, 2.45) is 0 Å². The second kappa shape index (κ2) is 5.14. The van der Waals surface area contributed by atoms with Crippen molar-refractivity contribution in [3.63, 3.8) is 0 Å². The molecule has 0 aromatic heterocycles. The zero-order valence-corrected chi connectivity index (χ0v) is 9.53. The van der Waals surface area contributed by atoms with Crippen LogP contribution in [0.25, 0.3) is 0 Å². The van der Waals surface area contributed by atoms with E-state index < -0.39 is 6.10 Å². The number of rotatable bonds is 3. The molecule has 1 N–H and O–H groups in total. The maximum atomic E-state index is 11.4. The molecular formula is C11H14ClNO2. The van der Waals surface area contributed by atoms with Gasteiger partial charge in [-0.15, -0.1) is 0 Å². The first-order valence-electron chi connectivity index (χ1n) is 4.68. The van der Waals surface area contributed by atoms with Crippen LogP contribution < -0.4 is 0 Å². The molecule has 15 heavy (non-hydrogen) atoms. The van der Waals surface area contributed by atoms with E-state index >= 15 is 0 Å². The second-order valence-electron chi connectivity index (χ2n) is 3.50. The molecule has 0 fully saturated rings. The summed E-state index contributed by atoms with van der Waals surface area (Å²) in [5.41, 5.74) is 0.982. The molecule has 4 heteroatoms. The van der Waals surface area contributed by atoms with Crippen LogP contribution >= 0.6 is 11.6 Å². The second-order valence-corrected chi connectivity index (χ2v) is 3.93. The first-order valence-corrected chi connectivity index (χ1v) is 5.06. The molecule has 0 spiro atoms. The van der Waals surface area contributed by atoms with Crippen molar-refractivity contribution in [1.29, 1.82) is 0 Å². The van der Waals surface area contributed by atoms with E-state index in [9.17, 15) is 4.79 Å². The SMILES string of the molecule is CC(O)C(=O)N(C)Cc1ccc(Cl)cc1. The molecule has 82 valence electrons. The van der Waals surface area contributed by atoms with Crippen molar-refractivity contribution in [3.8, 4) is 0 Å². The normalized spacial score (nSPS) is 12.3. The molecular weight excluding hydrogens is 214 g/mol. The van der Waals surface area contributed by atoms with Gasteiger partial charge in [0.2, 0.25) is 0 Å². The minimum Gasteiger partial charge on any atom is -0.384 e. The first kappa shape index (κ1) is 12.0. The summed E-state index contributed by atoms with van der Waals surface area (Å²) in [6.45, 7) is 1.93. The Labute approximate surface area is 94.3 Å². The van der Waals surface area contributed by atoms with Crippen LogP contribution in [0, 0.1) is 0 Å². The van der Waals surface area contributed by atoms with Crippen LogP contribution in [0.4, 0.5) is 0 Å². The molecule has 0 bridgehead atoms. The van der Waals surface area contributed by atoms with Crippen LogP contribution in [0.15, 0.2) is 24.3 Å². The summed E-state index contributed by atoms with van der Waals surface area (Å²) in [6.07, 6.45) is -0.956. The number of hydrogen-bond acceptors (Lipinski definition) is 2. The number of amides is 1. The van der Waals surface area contributed by atoms with Crippen LogP contribution in [0.1, 0.15) is 12.5 Å². The van der Waals surface area contributed by atoms with E-state index in [0.717, 1.165) is 5.56 Å². The van der Waals surface area contributed by atoms with Crippen LogP contribution in [0.3, 0.4) is 0 Å². The summed E-state index contributed by atoms with van der Waals surface area (Å²) >= 11 is 5.74. The van der Waals surface area contributed by atoms with Crippen molar-refractivity contribution in [3.05, 3.63) is 34.9 Å². The van der Waals surface area contributed by atoms with Gasteiger partial charge < -0.3 is 10.0 Å². The third kappa shape index (κ3) is 3.53. The lowest BCUT2D eigenvalue weighted by Crippen LogP contribution is -2.34. The average molecular weight is 228 g/mol. The lowest BCUT2D eigenvalue weighted by atomic mass is 10.2. The molecule has 1 aromatic carbocycles. The fourth-order valence-electron chi connectivity index (χ4n) is 1.26. The maximum absolute atomic E-state index is 11.4. The van der Waals surface area contributed by atoms with Gasteiger partial charge in [0, 0.05) is 18.6 Å². The largest absolute Gasteiger partial charge is 0.384 e. The number of nitrogens with zero attached hydrogens (tertiary/aromatic N) is 1. The van der Waals surface area contributed by atoms with E-state index in [1.165, 1.54) is 11.8 Å². The molecule has 0 aliphatic heterocycles. The van der Waals surface area contributed by atoms with E-state index in [-0.39, 0.29) is 5.91 Å². The summed E-state index contributed by atoms with van der Waals surface area (Å²) < 4.78 is 0. The Morgan fingerprint density at radius 1 is 1.47 bits per heavy atom. The highest BCUT2D eigenvalue weighted by atomic mass is 35.5. The summed E-state index contributed by atoms with van der Waals surface area (Å²) in [6, 6.07) is 7.26. The molecule has 1 amide bonds. The number of benzene rings is 1. The van der Waals surface area contributed by atoms with Crippen LogP contribution in [-0.2, 0) is 11.3 Å². The maximum Gasteiger partial charge on any atom is 0.251 e. The van der Waals surface area contributed by atoms with Gasteiger partial charge in [0.15, 0.2) is 0 Å². The highest BCUT2D eigenvalue weighted by Crippen LogP contribution is 2.11. The predicted molar refractivity (Wildman–Crippen MR) is 59.6 cm³/mol. The van der Waals surface area contributed by atoms with Gasteiger partial charge >= 0.3 is 0 Å².